The average Bonchev–Trinajstić information content (AvgIpc) is 2.76. The van der Waals surface area contributed by atoms with E-state index in [0.717, 1.165) is 5.56 Å². The molecule has 5 nitrogen and oxygen atoms in total. The zero-order valence-electron chi connectivity index (χ0n) is 11.9. The summed E-state index contributed by atoms with van der Waals surface area (Å²) in [6.07, 6.45) is 0.0597. The summed E-state index contributed by atoms with van der Waals surface area (Å²) in [7, 11) is 1.58. The summed E-state index contributed by atoms with van der Waals surface area (Å²) in [6, 6.07) is 6.79. The van der Waals surface area contributed by atoms with E-state index in [9.17, 15) is 14.7 Å². The second-order valence-electron chi connectivity index (χ2n) is 5.26. The molecule has 1 aromatic carbocycles. The second-order valence-corrected chi connectivity index (χ2v) is 5.26. The lowest BCUT2D eigenvalue weighted by Gasteiger charge is -2.30. The molecule has 0 saturated carbocycles. The number of likely N-dealkylation sites (tertiary alicyclic amines) is 1. The van der Waals surface area contributed by atoms with Crippen LogP contribution >= 0.6 is 0 Å². The zero-order chi connectivity index (χ0) is 14.9. The molecule has 2 unspecified atom stereocenters. The molecule has 1 aliphatic rings. The molecule has 1 amide bonds. The second kappa shape index (κ2) is 5.53. The molecule has 0 aromatic heterocycles. The van der Waals surface area contributed by atoms with Crippen molar-refractivity contribution in [2.45, 2.75) is 32.4 Å². The van der Waals surface area contributed by atoms with E-state index in [2.05, 4.69) is 0 Å². The molecule has 0 aliphatic carbocycles. The number of methoxy groups -OCH3 is 1. The molecule has 0 radical (unpaired) electrons. The van der Waals surface area contributed by atoms with Crippen molar-refractivity contribution < 1.29 is 19.4 Å². The molecule has 1 N–H and O–H groups in total. The Bertz CT molecular complexity index is 509. The maximum absolute atomic E-state index is 12.1. The maximum Gasteiger partial charge on any atom is 0.309 e. The van der Waals surface area contributed by atoms with Crippen molar-refractivity contribution in [2.24, 2.45) is 5.92 Å². The highest BCUT2D eigenvalue weighted by molar-refractivity contribution is 5.87. The first-order chi connectivity index (χ1) is 9.45. The van der Waals surface area contributed by atoms with Gasteiger partial charge in [0.25, 0.3) is 0 Å². The Hall–Kier alpha value is -2.04. The highest BCUT2D eigenvalue weighted by Gasteiger charge is 2.45. The van der Waals surface area contributed by atoms with Crippen LogP contribution in [0.25, 0.3) is 0 Å². The number of amides is 1. The van der Waals surface area contributed by atoms with Crippen molar-refractivity contribution in [2.75, 3.05) is 7.11 Å². The molecule has 1 aromatic rings. The number of ether oxygens (including phenoxy) is 1. The molecular formula is C15H19NO4. The van der Waals surface area contributed by atoms with Crippen LogP contribution in [0, 0.1) is 5.92 Å². The SMILES string of the molecule is COc1ccc(C2C(C(=O)O)CC(=O)N2C(C)C)cc1. The number of carbonyl (C=O) groups is 2. The Balaban J connectivity index is 2.40. The highest BCUT2D eigenvalue weighted by Crippen LogP contribution is 2.40. The number of benzene rings is 1. The van der Waals surface area contributed by atoms with Crippen LogP contribution in [0.15, 0.2) is 24.3 Å². The van der Waals surface area contributed by atoms with E-state index >= 15 is 0 Å². The summed E-state index contributed by atoms with van der Waals surface area (Å²) < 4.78 is 5.10. The van der Waals surface area contributed by atoms with E-state index in [1.54, 1.807) is 24.1 Å². The van der Waals surface area contributed by atoms with Crippen molar-refractivity contribution in [1.29, 1.82) is 0 Å². The molecular weight excluding hydrogens is 258 g/mol. The molecule has 1 fully saturated rings. The molecule has 2 atom stereocenters. The Morgan fingerprint density at radius 1 is 1.35 bits per heavy atom. The molecule has 1 aliphatic heterocycles. The van der Waals surface area contributed by atoms with Gasteiger partial charge in [0.1, 0.15) is 5.75 Å². The molecule has 0 bridgehead atoms. The van der Waals surface area contributed by atoms with Gasteiger partial charge in [0.2, 0.25) is 5.91 Å². The third-order valence-corrected chi connectivity index (χ3v) is 3.69. The molecule has 1 saturated heterocycles. The van der Waals surface area contributed by atoms with Crippen molar-refractivity contribution in [3.63, 3.8) is 0 Å². The largest absolute Gasteiger partial charge is 0.497 e. The smallest absolute Gasteiger partial charge is 0.309 e. The van der Waals surface area contributed by atoms with Crippen LogP contribution < -0.4 is 4.74 Å². The predicted octanol–water partition coefficient (Wildman–Crippen LogP) is 2.08. The molecule has 20 heavy (non-hydrogen) atoms. The van der Waals surface area contributed by atoms with Crippen molar-refractivity contribution in [3.8, 4) is 5.75 Å². The zero-order valence-corrected chi connectivity index (χ0v) is 11.9. The van der Waals surface area contributed by atoms with E-state index in [4.69, 9.17) is 4.74 Å². The van der Waals surface area contributed by atoms with Gasteiger partial charge in [-0.25, -0.2) is 0 Å². The molecule has 2 rings (SSSR count). The summed E-state index contributed by atoms with van der Waals surface area (Å²) >= 11 is 0. The van der Waals surface area contributed by atoms with E-state index < -0.39 is 17.9 Å². The first-order valence-corrected chi connectivity index (χ1v) is 6.63. The molecule has 0 spiro atoms. The summed E-state index contributed by atoms with van der Waals surface area (Å²) in [5, 5.41) is 9.36. The van der Waals surface area contributed by atoms with Crippen LogP contribution in [0.3, 0.4) is 0 Å². The van der Waals surface area contributed by atoms with Crippen molar-refractivity contribution >= 4 is 11.9 Å². The van der Waals surface area contributed by atoms with E-state index in [1.807, 2.05) is 26.0 Å². The van der Waals surface area contributed by atoms with Gasteiger partial charge >= 0.3 is 5.97 Å². The van der Waals surface area contributed by atoms with Gasteiger partial charge in [-0.2, -0.15) is 0 Å². The Morgan fingerprint density at radius 3 is 2.40 bits per heavy atom. The van der Waals surface area contributed by atoms with Gasteiger partial charge in [-0.1, -0.05) is 12.1 Å². The number of nitrogens with zero attached hydrogens (tertiary/aromatic N) is 1. The third kappa shape index (κ3) is 2.48. The Kier molecular flexibility index (Phi) is 3.97. The fourth-order valence-corrected chi connectivity index (χ4v) is 2.78. The molecule has 5 heteroatoms. The average molecular weight is 277 g/mol. The lowest BCUT2D eigenvalue weighted by atomic mass is 9.93. The van der Waals surface area contributed by atoms with Crippen LogP contribution in [0.2, 0.25) is 0 Å². The third-order valence-electron chi connectivity index (χ3n) is 3.69. The lowest BCUT2D eigenvalue weighted by molar-refractivity contribution is -0.142. The van der Waals surface area contributed by atoms with Gasteiger partial charge in [-0.3, -0.25) is 9.59 Å². The van der Waals surface area contributed by atoms with Crippen LogP contribution in [0.1, 0.15) is 31.9 Å². The summed E-state index contributed by atoms with van der Waals surface area (Å²) in [4.78, 5) is 25.2. The van der Waals surface area contributed by atoms with Gasteiger partial charge < -0.3 is 14.7 Å². The van der Waals surface area contributed by atoms with Crippen LogP contribution in [0.4, 0.5) is 0 Å². The monoisotopic (exact) mass is 277 g/mol. The minimum atomic E-state index is -0.928. The minimum Gasteiger partial charge on any atom is -0.497 e. The van der Waals surface area contributed by atoms with Crippen LogP contribution in [0.5, 0.6) is 5.75 Å². The van der Waals surface area contributed by atoms with Crippen LogP contribution in [-0.2, 0) is 9.59 Å². The quantitative estimate of drug-likeness (QED) is 0.915. The van der Waals surface area contributed by atoms with Gasteiger partial charge in [0.15, 0.2) is 0 Å². The number of carbonyl (C=O) groups excluding carboxylic acids is 1. The highest BCUT2D eigenvalue weighted by atomic mass is 16.5. The fraction of sp³-hybridized carbons (Fsp3) is 0.467. The first-order valence-electron chi connectivity index (χ1n) is 6.63. The van der Waals surface area contributed by atoms with Gasteiger partial charge in [0.05, 0.1) is 19.1 Å². The minimum absolute atomic E-state index is 0.0287. The number of hydrogen-bond acceptors (Lipinski definition) is 3. The Labute approximate surface area is 118 Å². The number of carboxylic acids is 1. The topological polar surface area (TPSA) is 66.8 Å². The van der Waals surface area contributed by atoms with Gasteiger partial charge in [0, 0.05) is 12.5 Å². The Morgan fingerprint density at radius 2 is 1.95 bits per heavy atom. The number of carboxylic acid groups (broad SMARTS) is 1. The number of rotatable bonds is 4. The number of hydrogen-bond donors (Lipinski definition) is 1. The summed E-state index contributed by atoms with van der Waals surface area (Å²) in [5.74, 6) is -1.02. The lowest BCUT2D eigenvalue weighted by Crippen LogP contribution is -2.36. The standard InChI is InChI=1S/C15H19NO4/c1-9(2)16-13(17)8-12(15(18)19)14(16)10-4-6-11(20-3)7-5-10/h4-7,9,12,14H,8H2,1-3H3,(H,18,19). The number of aliphatic carboxylic acids is 1. The van der Waals surface area contributed by atoms with Gasteiger partial charge in [-0.15, -0.1) is 0 Å². The van der Waals surface area contributed by atoms with E-state index in [1.165, 1.54) is 0 Å². The van der Waals surface area contributed by atoms with Crippen molar-refractivity contribution in [1.82, 2.24) is 4.90 Å². The summed E-state index contributed by atoms with van der Waals surface area (Å²) in [6.45, 7) is 3.80. The molecule has 1 heterocycles. The van der Waals surface area contributed by atoms with Gasteiger partial charge in [-0.05, 0) is 31.5 Å². The van der Waals surface area contributed by atoms with E-state index in [0.29, 0.717) is 5.75 Å². The fourth-order valence-electron chi connectivity index (χ4n) is 2.78. The predicted molar refractivity (Wildman–Crippen MR) is 73.5 cm³/mol. The normalized spacial score (nSPS) is 22.4. The molecule has 108 valence electrons. The van der Waals surface area contributed by atoms with Crippen LogP contribution in [-0.4, -0.2) is 35.0 Å². The maximum atomic E-state index is 12.1. The van der Waals surface area contributed by atoms with Crippen molar-refractivity contribution in [3.05, 3.63) is 29.8 Å². The van der Waals surface area contributed by atoms with E-state index in [-0.39, 0.29) is 18.4 Å². The summed E-state index contributed by atoms with van der Waals surface area (Å²) in [5.41, 5.74) is 0.831. The first kappa shape index (κ1) is 14.4.